The number of guanidine groups is 1. The first kappa shape index (κ1) is 39.7. The van der Waals surface area contributed by atoms with Gasteiger partial charge in [0.15, 0.2) is 12.0 Å². The third kappa shape index (κ3) is 12.3. The second-order valence-electron chi connectivity index (χ2n) is 12.8. The molecule has 0 aromatic heterocycles. The van der Waals surface area contributed by atoms with Crippen LogP contribution in [-0.2, 0) is 30.4 Å². The number of anilines is 1. The number of nitrogens with one attached hydrogen (secondary N) is 3. The Bertz CT molecular complexity index is 1280. The van der Waals surface area contributed by atoms with Gasteiger partial charge >= 0.3 is 5.97 Å². The van der Waals surface area contributed by atoms with E-state index in [0.717, 1.165) is 11.3 Å². The molecule has 16 nitrogen and oxygen atoms in total. The predicted octanol–water partition coefficient (Wildman–Crippen LogP) is -1.37. The van der Waals surface area contributed by atoms with Crippen LogP contribution in [0.2, 0.25) is 0 Å². The van der Waals surface area contributed by atoms with Gasteiger partial charge in [0, 0.05) is 39.3 Å². The summed E-state index contributed by atoms with van der Waals surface area (Å²) in [6, 6.07) is 1.87. The van der Waals surface area contributed by atoms with Crippen molar-refractivity contribution >= 4 is 41.2 Å². The average molecular weight is 676 g/mol. The summed E-state index contributed by atoms with van der Waals surface area (Å²) in [7, 11) is 3.80. The Morgan fingerprint density at radius 3 is 2.17 bits per heavy atom. The van der Waals surface area contributed by atoms with Crippen molar-refractivity contribution in [1.29, 1.82) is 0 Å². The number of aliphatic imine (C=N–C) groups is 1. The maximum absolute atomic E-state index is 13.9. The van der Waals surface area contributed by atoms with E-state index in [0.29, 0.717) is 12.8 Å². The summed E-state index contributed by atoms with van der Waals surface area (Å²) in [6.07, 6.45) is 0.468. The Morgan fingerprint density at radius 2 is 1.62 bits per heavy atom. The molecule has 1 aliphatic heterocycles. The molecule has 268 valence electrons. The fraction of sp³-hybridized carbons (Fsp3) is 0.625. The summed E-state index contributed by atoms with van der Waals surface area (Å²) in [4.78, 5) is 72.7. The molecule has 2 rings (SSSR count). The van der Waals surface area contributed by atoms with Crippen molar-refractivity contribution in [3.63, 3.8) is 0 Å². The molecular weight excluding hydrogens is 622 g/mol. The zero-order chi connectivity index (χ0) is 36.1. The SMILES string of the molecule is CC(C)C[C@H](NC(=O)[C@H](Cc1ccc(N(C)C)cc1)NC(=O)[C@@H](N)CCCN=C(N)N)C(=O)N1CCC[C@H]1C(=O)N[C@H](C(=O)O)[C@@H](C)O. The molecule has 1 aliphatic rings. The lowest BCUT2D eigenvalue weighted by atomic mass is 9.99. The van der Waals surface area contributed by atoms with Gasteiger partial charge in [-0.1, -0.05) is 26.0 Å². The number of carbonyl (C=O) groups is 5. The molecule has 0 radical (unpaired) electrons. The number of likely N-dealkylation sites (tertiary alicyclic amines) is 1. The van der Waals surface area contributed by atoms with Crippen LogP contribution in [0.4, 0.5) is 5.69 Å². The summed E-state index contributed by atoms with van der Waals surface area (Å²) < 4.78 is 0. The van der Waals surface area contributed by atoms with Crippen LogP contribution >= 0.6 is 0 Å². The van der Waals surface area contributed by atoms with Gasteiger partial charge in [-0.25, -0.2) is 4.79 Å². The molecule has 1 fully saturated rings. The normalized spacial score (nSPS) is 17.4. The van der Waals surface area contributed by atoms with Crippen molar-refractivity contribution in [2.75, 3.05) is 32.1 Å². The van der Waals surface area contributed by atoms with Crippen LogP contribution < -0.4 is 38.1 Å². The highest BCUT2D eigenvalue weighted by atomic mass is 16.4. The quantitative estimate of drug-likeness (QED) is 0.0512. The molecule has 1 saturated heterocycles. The molecule has 0 aliphatic carbocycles. The van der Waals surface area contributed by atoms with Crippen LogP contribution in [0.1, 0.15) is 58.4 Å². The first-order chi connectivity index (χ1) is 22.5. The summed E-state index contributed by atoms with van der Waals surface area (Å²) in [6.45, 7) is 5.52. The highest BCUT2D eigenvalue weighted by Crippen LogP contribution is 2.21. The van der Waals surface area contributed by atoms with Crippen molar-refractivity contribution < 1.29 is 34.2 Å². The van der Waals surface area contributed by atoms with E-state index in [1.807, 2.05) is 57.1 Å². The van der Waals surface area contributed by atoms with Gasteiger partial charge in [-0.3, -0.25) is 24.2 Å². The minimum Gasteiger partial charge on any atom is -0.480 e. The van der Waals surface area contributed by atoms with Gasteiger partial charge in [0.05, 0.1) is 12.1 Å². The summed E-state index contributed by atoms with van der Waals surface area (Å²) in [5, 5.41) is 27.1. The van der Waals surface area contributed by atoms with Gasteiger partial charge in [-0.05, 0) is 62.6 Å². The van der Waals surface area contributed by atoms with E-state index in [9.17, 15) is 34.2 Å². The van der Waals surface area contributed by atoms with Crippen LogP contribution in [-0.4, -0.2) is 114 Å². The molecule has 48 heavy (non-hydrogen) atoms. The van der Waals surface area contributed by atoms with Crippen molar-refractivity contribution in [1.82, 2.24) is 20.9 Å². The lowest BCUT2D eigenvalue weighted by molar-refractivity contribution is -0.147. The first-order valence-electron chi connectivity index (χ1n) is 16.2. The van der Waals surface area contributed by atoms with Gasteiger partial charge in [0.1, 0.15) is 18.1 Å². The predicted molar refractivity (Wildman–Crippen MR) is 182 cm³/mol. The van der Waals surface area contributed by atoms with Crippen LogP contribution in [0, 0.1) is 5.92 Å². The average Bonchev–Trinajstić information content (AvgIpc) is 3.50. The Hall–Kier alpha value is -4.44. The summed E-state index contributed by atoms with van der Waals surface area (Å²) in [5.41, 5.74) is 18.5. The van der Waals surface area contributed by atoms with Crippen LogP contribution in [0.3, 0.4) is 0 Å². The lowest BCUT2D eigenvalue weighted by Gasteiger charge is -2.31. The topological polar surface area (TPSA) is 259 Å². The Kier molecular flexibility index (Phi) is 15.5. The standard InChI is InChI=1S/C32H53N9O7/c1-18(2)16-24(30(46)41-15-7-9-25(41)29(45)39-26(19(3)42)31(47)48)38-28(44)23(17-20-10-12-21(13-11-20)40(4)5)37-27(43)22(33)8-6-14-36-32(34)35/h10-13,18-19,22-26,42H,6-9,14-17,33H2,1-5H3,(H,37,43)(H,38,44)(H,39,45)(H,47,48)(H4,34,35,36)/t19-,22+,23+,24+,25+,26+/m1/s1. The highest BCUT2D eigenvalue weighted by molar-refractivity contribution is 5.96. The minimum atomic E-state index is -1.55. The number of aliphatic hydroxyl groups excluding tert-OH is 1. The number of rotatable bonds is 18. The van der Waals surface area contributed by atoms with E-state index in [4.69, 9.17) is 17.2 Å². The van der Waals surface area contributed by atoms with Gasteiger partial charge in [0.25, 0.3) is 0 Å². The molecule has 11 N–H and O–H groups in total. The third-order valence-electron chi connectivity index (χ3n) is 8.04. The van der Waals surface area contributed by atoms with Gasteiger partial charge in [-0.15, -0.1) is 0 Å². The Labute approximate surface area is 281 Å². The number of amides is 4. The second kappa shape index (κ2) is 18.8. The zero-order valence-electron chi connectivity index (χ0n) is 28.5. The zero-order valence-corrected chi connectivity index (χ0v) is 28.5. The van der Waals surface area contributed by atoms with E-state index < -0.39 is 65.9 Å². The number of carboxylic acid groups (broad SMARTS) is 1. The smallest absolute Gasteiger partial charge is 0.328 e. The molecule has 1 aromatic carbocycles. The number of benzene rings is 1. The van der Waals surface area contributed by atoms with E-state index in [1.165, 1.54) is 11.8 Å². The number of carbonyl (C=O) groups excluding carboxylic acids is 4. The van der Waals surface area contributed by atoms with Crippen molar-refractivity contribution in [3.05, 3.63) is 29.8 Å². The molecule has 1 heterocycles. The first-order valence-corrected chi connectivity index (χ1v) is 16.2. The Morgan fingerprint density at radius 1 is 1.00 bits per heavy atom. The lowest BCUT2D eigenvalue weighted by Crippen LogP contribution is -2.59. The highest BCUT2D eigenvalue weighted by Gasteiger charge is 2.40. The number of hydrogen-bond acceptors (Lipinski definition) is 9. The van der Waals surface area contributed by atoms with Crippen LogP contribution in [0.5, 0.6) is 0 Å². The van der Waals surface area contributed by atoms with Gasteiger partial charge in [-0.2, -0.15) is 0 Å². The molecule has 0 unspecified atom stereocenters. The van der Waals surface area contributed by atoms with E-state index in [2.05, 4.69) is 20.9 Å². The summed E-state index contributed by atoms with van der Waals surface area (Å²) >= 11 is 0. The van der Waals surface area contributed by atoms with Crippen LogP contribution in [0.25, 0.3) is 0 Å². The maximum Gasteiger partial charge on any atom is 0.328 e. The summed E-state index contributed by atoms with van der Waals surface area (Å²) in [5.74, 6) is -3.88. The molecule has 0 spiro atoms. The molecule has 0 saturated carbocycles. The van der Waals surface area contributed by atoms with Gasteiger partial charge < -0.3 is 53.2 Å². The van der Waals surface area contributed by atoms with E-state index >= 15 is 0 Å². The van der Waals surface area contributed by atoms with Gasteiger partial charge in [0.2, 0.25) is 23.6 Å². The Balaban J connectivity index is 2.29. The molecule has 4 amide bonds. The van der Waals surface area contributed by atoms with E-state index in [1.54, 1.807) is 0 Å². The molecule has 6 atom stereocenters. The second-order valence-corrected chi connectivity index (χ2v) is 12.8. The fourth-order valence-corrected chi connectivity index (χ4v) is 5.41. The maximum atomic E-state index is 13.9. The number of aliphatic hydroxyl groups is 1. The number of hydrogen-bond donors (Lipinski definition) is 8. The fourth-order valence-electron chi connectivity index (χ4n) is 5.41. The number of nitrogens with zero attached hydrogens (tertiary/aromatic N) is 3. The van der Waals surface area contributed by atoms with Crippen molar-refractivity contribution in [3.8, 4) is 0 Å². The molecule has 1 aromatic rings. The number of carboxylic acids is 1. The molecule has 16 heteroatoms. The largest absolute Gasteiger partial charge is 0.480 e. The number of nitrogens with two attached hydrogens (primary N) is 3. The minimum absolute atomic E-state index is 0.0361. The van der Waals surface area contributed by atoms with Crippen molar-refractivity contribution in [2.24, 2.45) is 28.1 Å². The van der Waals surface area contributed by atoms with Crippen LogP contribution in [0.15, 0.2) is 29.3 Å². The third-order valence-corrected chi connectivity index (χ3v) is 8.04. The monoisotopic (exact) mass is 675 g/mol. The molecule has 0 bridgehead atoms. The van der Waals surface area contributed by atoms with Crippen molar-refractivity contribution in [2.45, 2.75) is 95.6 Å². The molecular formula is C32H53N9O7. The van der Waals surface area contributed by atoms with E-state index in [-0.39, 0.29) is 50.7 Å². The number of aliphatic carboxylic acids is 1.